The number of hydrogen-bond acceptors (Lipinski definition) is 3. The number of guanidine groups is 1. The standard InChI is InChI=1S/C18H30ClN5/c1-18(2,3)22-17(20)21-9-6-10-23-11-13-24(14-12-23)16-8-5-4-7-15(16)19/h4-5,7-8H,6,9-14H2,1-3H3,(H3,20,21,22). The van der Waals surface area contributed by atoms with Gasteiger partial charge < -0.3 is 16.0 Å². The lowest BCUT2D eigenvalue weighted by Gasteiger charge is -2.36. The molecule has 1 aromatic rings. The lowest BCUT2D eigenvalue weighted by Crippen LogP contribution is -2.47. The van der Waals surface area contributed by atoms with Crippen molar-refractivity contribution < 1.29 is 0 Å². The number of halogens is 1. The third-order valence-electron chi connectivity index (χ3n) is 3.98. The van der Waals surface area contributed by atoms with Crippen LogP contribution < -0.4 is 16.0 Å². The van der Waals surface area contributed by atoms with Gasteiger partial charge in [0, 0.05) is 44.8 Å². The first-order valence-electron chi connectivity index (χ1n) is 8.65. The van der Waals surface area contributed by atoms with Crippen LogP contribution >= 0.6 is 11.6 Å². The monoisotopic (exact) mass is 351 g/mol. The van der Waals surface area contributed by atoms with Crippen molar-refractivity contribution in [2.45, 2.75) is 32.7 Å². The molecule has 0 amide bonds. The van der Waals surface area contributed by atoms with Crippen LogP contribution in [-0.2, 0) is 0 Å². The quantitative estimate of drug-likeness (QED) is 0.486. The molecule has 2 rings (SSSR count). The summed E-state index contributed by atoms with van der Waals surface area (Å²) in [6, 6.07) is 8.07. The van der Waals surface area contributed by atoms with Gasteiger partial charge in [0.05, 0.1) is 10.7 Å². The molecule has 0 unspecified atom stereocenters. The molecule has 6 heteroatoms. The molecule has 1 heterocycles. The van der Waals surface area contributed by atoms with Crippen LogP contribution in [0.25, 0.3) is 0 Å². The van der Waals surface area contributed by atoms with Gasteiger partial charge in [-0.05, 0) is 39.3 Å². The molecule has 0 atom stereocenters. The molecule has 0 aliphatic carbocycles. The summed E-state index contributed by atoms with van der Waals surface area (Å²) >= 11 is 6.28. The van der Waals surface area contributed by atoms with Crippen LogP contribution in [0.5, 0.6) is 0 Å². The number of hydrogen-bond donors (Lipinski definition) is 2. The maximum atomic E-state index is 6.28. The summed E-state index contributed by atoms with van der Waals surface area (Å²) < 4.78 is 0. The number of para-hydroxylation sites is 1. The highest BCUT2D eigenvalue weighted by atomic mass is 35.5. The fourth-order valence-corrected chi connectivity index (χ4v) is 3.09. The van der Waals surface area contributed by atoms with E-state index in [1.807, 2.05) is 18.2 Å². The van der Waals surface area contributed by atoms with Crippen LogP contribution in [0.4, 0.5) is 5.69 Å². The number of piperazine rings is 1. The Bertz CT molecular complexity index is 545. The van der Waals surface area contributed by atoms with Crippen molar-refractivity contribution in [2.24, 2.45) is 10.7 Å². The number of benzene rings is 1. The predicted molar refractivity (Wildman–Crippen MR) is 104 cm³/mol. The van der Waals surface area contributed by atoms with Gasteiger partial charge in [-0.1, -0.05) is 23.7 Å². The van der Waals surface area contributed by atoms with Gasteiger partial charge in [-0.25, -0.2) is 0 Å². The first kappa shape index (κ1) is 18.9. The SMILES string of the molecule is CC(C)(C)NC(N)=NCCCN1CCN(c2ccccc2Cl)CC1. The first-order valence-corrected chi connectivity index (χ1v) is 9.03. The molecule has 1 saturated heterocycles. The molecule has 134 valence electrons. The summed E-state index contributed by atoms with van der Waals surface area (Å²) in [5.41, 5.74) is 6.99. The van der Waals surface area contributed by atoms with E-state index < -0.39 is 0 Å². The Morgan fingerprint density at radius 2 is 1.88 bits per heavy atom. The Morgan fingerprint density at radius 3 is 2.50 bits per heavy atom. The zero-order chi connectivity index (χ0) is 17.6. The highest BCUT2D eigenvalue weighted by Crippen LogP contribution is 2.25. The van der Waals surface area contributed by atoms with Crippen LogP contribution in [0.15, 0.2) is 29.3 Å². The molecule has 0 saturated carbocycles. The number of rotatable bonds is 5. The molecular formula is C18H30ClN5. The second-order valence-electron chi connectivity index (χ2n) is 7.28. The van der Waals surface area contributed by atoms with E-state index in [1.165, 1.54) is 0 Å². The van der Waals surface area contributed by atoms with E-state index >= 15 is 0 Å². The Hall–Kier alpha value is -1.46. The van der Waals surface area contributed by atoms with Crippen LogP contribution in [0.2, 0.25) is 5.02 Å². The van der Waals surface area contributed by atoms with E-state index in [9.17, 15) is 0 Å². The summed E-state index contributed by atoms with van der Waals surface area (Å²) in [6.07, 6.45) is 1.03. The van der Waals surface area contributed by atoms with E-state index in [0.717, 1.165) is 56.4 Å². The first-order chi connectivity index (χ1) is 11.3. The van der Waals surface area contributed by atoms with Crippen LogP contribution in [0.3, 0.4) is 0 Å². The van der Waals surface area contributed by atoms with E-state index in [0.29, 0.717) is 5.96 Å². The van der Waals surface area contributed by atoms with Crippen molar-refractivity contribution in [3.8, 4) is 0 Å². The second kappa shape index (κ2) is 8.58. The molecule has 0 bridgehead atoms. The van der Waals surface area contributed by atoms with E-state index in [4.69, 9.17) is 17.3 Å². The molecule has 1 fully saturated rings. The van der Waals surface area contributed by atoms with Gasteiger partial charge in [0.1, 0.15) is 0 Å². The average Bonchev–Trinajstić information content (AvgIpc) is 2.51. The third-order valence-corrected chi connectivity index (χ3v) is 4.30. The summed E-state index contributed by atoms with van der Waals surface area (Å²) in [5, 5.41) is 4.02. The van der Waals surface area contributed by atoms with Gasteiger partial charge in [-0.15, -0.1) is 0 Å². The lowest BCUT2D eigenvalue weighted by atomic mass is 10.1. The van der Waals surface area contributed by atoms with Crippen molar-refractivity contribution in [3.63, 3.8) is 0 Å². The maximum absolute atomic E-state index is 6.28. The summed E-state index contributed by atoms with van der Waals surface area (Å²) in [7, 11) is 0. The highest BCUT2D eigenvalue weighted by Gasteiger charge is 2.18. The van der Waals surface area contributed by atoms with Gasteiger partial charge >= 0.3 is 0 Å². The van der Waals surface area contributed by atoms with Crippen molar-refractivity contribution in [1.82, 2.24) is 10.2 Å². The minimum absolute atomic E-state index is 0.0391. The zero-order valence-electron chi connectivity index (χ0n) is 15.1. The van der Waals surface area contributed by atoms with Crippen molar-refractivity contribution >= 4 is 23.2 Å². The normalized spacial score (nSPS) is 17.2. The Labute approximate surface area is 150 Å². The van der Waals surface area contributed by atoms with Gasteiger partial charge in [0.2, 0.25) is 0 Å². The number of nitrogens with one attached hydrogen (secondary N) is 1. The number of nitrogens with zero attached hydrogens (tertiary/aromatic N) is 3. The Balaban J connectivity index is 1.69. The number of anilines is 1. The molecule has 1 aliphatic rings. The van der Waals surface area contributed by atoms with E-state index in [-0.39, 0.29) is 5.54 Å². The molecule has 1 aromatic carbocycles. The average molecular weight is 352 g/mol. The molecule has 0 radical (unpaired) electrons. The Morgan fingerprint density at radius 1 is 1.21 bits per heavy atom. The smallest absolute Gasteiger partial charge is 0.188 e. The van der Waals surface area contributed by atoms with Crippen LogP contribution in [0.1, 0.15) is 27.2 Å². The van der Waals surface area contributed by atoms with Crippen molar-refractivity contribution in [2.75, 3.05) is 44.2 Å². The summed E-state index contributed by atoms with van der Waals surface area (Å²) in [6.45, 7) is 12.2. The Kier molecular flexibility index (Phi) is 6.75. The van der Waals surface area contributed by atoms with Crippen molar-refractivity contribution in [3.05, 3.63) is 29.3 Å². The molecule has 3 N–H and O–H groups in total. The fraction of sp³-hybridized carbons (Fsp3) is 0.611. The molecule has 24 heavy (non-hydrogen) atoms. The number of aliphatic imine (C=N–C) groups is 1. The molecule has 1 aliphatic heterocycles. The third kappa shape index (κ3) is 6.21. The molecular weight excluding hydrogens is 322 g/mol. The predicted octanol–water partition coefficient (Wildman–Crippen LogP) is 2.55. The molecule has 0 aromatic heterocycles. The summed E-state index contributed by atoms with van der Waals surface area (Å²) in [5.74, 6) is 0.533. The molecule has 0 spiro atoms. The van der Waals surface area contributed by atoms with Crippen molar-refractivity contribution in [1.29, 1.82) is 0 Å². The largest absolute Gasteiger partial charge is 0.370 e. The van der Waals surface area contributed by atoms with Crippen LogP contribution in [0, 0.1) is 0 Å². The topological polar surface area (TPSA) is 56.9 Å². The second-order valence-corrected chi connectivity index (χ2v) is 7.68. The van der Waals surface area contributed by atoms with Gasteiger partial charge in [-0.2, -0.15) is 0 Å². The van der Waals surface area contributed by atoms with Gasteiger partial charge in [-0.3, -0.25) is 9.89 Å². The maximum Gasteiger partial charge on any atom is 0.188 e. The zero-order valence-corrected chi connectivity index (χ0v) is 15.8. The van der Waals surface area contributed by atoms with E-state index in [1.54, 1.807) is 0 Å². The fourth-order valence-electron chi connectivity index (χ4n) is 2.84. The van der Waals surface area contributed by atoms with E-state index in [2.05, 4.69) is 46.9 Å². The lowest BCUT2D eigenvalue weighted by molar-refractivity contribution is 0.256. The minimum Gasteiger partial charge on any atom is -0.370 e. The number of nitrogens with two attached hydrogens (primary N) is 1. The highest BCUT2D eigenvalue weighted by molar-refractivity contribution is 6.33. The van der Waals surface area contributed by atoms with Crippen LogP contribution in [-0.4, -0.2) is 55.7 Å². The molecule has 5 nitrogen and oxygen atoms in total. The van der Waals surface area contributed by atoms with Gasteiger partial charge in [0.15, 0.2) is 5.96 Å². The minimum atomic E-state index is -0.0391. The van der Waals surface area contributed by atoms with Gasteiger partial charge in [0.25, 0.3) is 0 Å². The summed E-state index contributed by atoms with van der Waals surface area (Å²) in [4.78, 5) is 9.24.